The predicted octanol–water partition coefficient (Wildman–Crippen LogP) is 1.90. The highest BCUT2D eigenvalue weighted by atomic mass is 19.4. The van der Waals surface area contributed by atoms with Gasteiger partial charge in [-0.05, 0) is 18.8 Å². The van der Waals surface area contributed by atoms with Gasteiger partial charge in [0.25, 0.3) is 0 Å². The normalized spacial score (nSPS) is 21.3. The maximum atomic E-state index is 12.9. The Hall–Kier alpha value is -1.41. The number of aliphatic carboxylic acids is 1. The van der Waals surface area contributed by atoms with Crippen molar-refractivity contribution >= 4 is 11.9 Å². The first-order chi connectivity index (χ1) is 8.55. The molecule has 1 N–H and O–H groups in total. The minimum atomic E-state index is -5.94. The quantitative estimate of drug-likeness (QED) is 0.807. The number of rotatable bonds is 3. The van der Waals surface area contributed by atoms with Crippen molar-refractivity contribution in [2.24, 2.45) is 5.92 Å². The van der Waals surface area contributed by atoms with Crippen molar-refractivity contribution in [3.63, 3.8) is 0 Å². The van der Waals surface area contributed by atoms with Crippen LogP contribution in [0.3, 0.4) is 0 Å². The van der Waals surface area contributed by atoms with E-state index in [0.29, 0.717) is 11.3 Å². The van der Waals surface area contributed by atoms with Gasteiger partial charge in [-0.25, -0.2) is 0 Å². The number of carboxylic acid groups (broad SMARTS) is 1. The predicted molar refractivity (Wildman–Crippen MR) is 52.6 cm³/mol. The van der Waals surface area contributed by atoms with Crippen LogP contribution >= 0.6 is 0 Å². The van der Waals surface area contributed by atoms with Crippen molar-refractivity contribution < 1.29 is 36.6 Å². The Labute approximate surface area is 105 Å². The van der Waals surface area contributed by atoms with Gasteiger partial charge >= 0.3 is 24.0 Å². The molecule has 0 aromatic rings. The highest BCUT2D eigenvalue weighted by Gasteiger charge is 2.64. The zero-order valence-electron chi connectivity index (χ0n) is 9.71. The number of hydrogen-bond acceptors (Lipinski definition) is 2. The minimum absolute atomic E-state index is 0.206. The van der Waals surface area contributed by atoms with Crippen LogP contribution < -0.4 is 0 Å². The van der Waals surface area contributed by atoms with Gasteiger partial charge < -0.3 is 10.0 Å². The highest BCUT2D eigenvalue weighted by Crippen LogP contribution is 2.37. The summed E-state index contributed by atoms with van der Waals surface area (Å²) in [7, 11) is 0. The SMILES string of the molecule is O=C(O)CC1CCCN(C(=O)C(F)(F)C(F)(F)F)C1. The highest BCUT2D eigenvalue weighted by molar-refractivity contribution is 5.84. The summed E-state index contributed by atoms with van der Waals surface area (Å²) in [5, 5.41) is 8.55. The van der Waals surface area contributed by atoms with E-state index in [2.05, 4.69) is 0 Å². The van der Waals surface area contributed by atoms with E-state index in [9.17, 15) is 31.5 Å². The lowest BCUT2D eigenvalue weighted by atomic mass is 9.94. The van der Waals surface area contributed by atoms with Gasteiger partial charge in [0.1, 0.15) is 0 Å². The second kappa shape index (κ2) is 5.30. The monoisotopic (exact) mass is 289 g/mol. The zero-order valence-corrected chi connectivity index (χ0v) is 9.71. The summed E-state index contributed by atoms with van der Waals surface area (Å²) in [5.41, 5.74) is 0. The van der Waals surface area contributed by atoms with Crippen molar-refractivity contribution in [1.82, 2.24) is 4.90 Å². The molecule has 1 unspecified atom stereocenters. The molecule has 0 aromatic heterocycles. The van der Waals surface area contributed by atoms with Crippen LogP contribution in [0.2, 0.25) is 0 Å². The Morgan fingerprint density at radius 2 is 1.79 bits per heavy atom. The van der Waals surface area contributed by atoms with E-state index in [1.54, 1.807) is 0 Å². The van der Waals surface area contributed by atoms with E-state index >= 15 is 0 Å². The summed E-state index contributed by atoms with van der Waals surface area (Å²) in [6, 6.07) is 0. The van der Waals surface area contributed by atoms with Crippen molar-refractivity contribution in [3.05, 3.63) is 0 Å². The lowest BCUT2D eigenvalue weighted by Crippen LogP contribution is -2.54. The third-order valence-corrected chi connectivity index (χ3v) is 2.89. The molecule has 1 heterocycles. The molecule has 0 radical (unpaired) electrons. The number of alkyl halides is 5. The standard InChI is InChI=1S/C10H12F5NO3/c11-9(12,10(13,14)15)8(19)16-3-1-2-6(5-16)4-7(17)18/h6H,1-5H2,(H,17,18). The Kier molecular flexibility index (Phi) is 4.36. The first-order valence-electron chi connectivity index (χ1n) is 5.51. The Balaban J connectivity index is 2.75. The van der Waals surface area contributed by atoms with E-state index in [1.165, 1.54) is 0 Å². The second-order valence-electron chi connectivity index (χ2n) is 4.43. The molecular formula is C10H12F5NO3. The number of carboxylic acids is 1. The van der Waals surface area contributed by atoms with Gasteiger partial charge in [-0.3, -0.25) is 9.59 Å². The molecule has 1 aliphatic heterocycles. The van der Waals surface area contributed by atoms with Gasteiger partial charge in [0.05, 0.1) is 0 Å². The molecule has 1 amide bonds. The molecule has 0 saturated carbocycles. The molecule has 110 valence electrons. The Morgan fingerprint density at radius 3 is 2.26 bits per heavy atom. The zero-order chi connectivity index (χ0) is 14.8. The number of nitrogens with zero attached hydrogens (tertiary/aromatic N) is 1. The minimum Gasteiger partial charge on any atom is -0.481 e. The van der Waals surface area contributed by atoms with Gasteiger partial charge in [0, 0.05) is 19.5 Å². The molecule has 1 rings (SSSR count). The third kappa shape index (κ3) is 3.54. The average Bonchev–Trinajstić information content (AvgIpc) is 2.25. The summed E-state index contributed by atoms with van der Waals surface area (Å²) in [4.78, 5) is 22.1. The maximum absolute atomic E-state index is 12.9. The molecule has 0 aromatic carbocycles. The molecule has 1 atom stereocenters. The summed E-state index contributed by atoms with van der Waals surface area (Å²) in [5.74, 6) is -9.52. The number of piperidine rings is 1. The Bertz CT molecular complexity index is 369. The van der Waals surface area contributed by atoms with Gasteiger partial charge in [0.15, 0.2) is 0 Å². The molecule has 1 aliphatic rings. The van der Waals surface area contributed by atoms with Crippen LogP contribution in [0.25, 0.3) is 0 Å². The molecule has 4 nitrogen and oxygen atoms in total. The van der Waals surface area contributed by atoms with E-state index in [4.69, 9.17) is 5.11 Å². The van der Waals surface area contributed by atoms with Gasteiger partial charge in [0.2, 0.25) is 0 Å². The lowest BCUT2D eigenvalue weighted by molar-refractivity contribution is -0.275. The Morgan fingerprint density at radius 1 is 1.21 bits per heavy atom. The van der Waals surface area contributed by atoms with Crippen LogP contribution in [0.5, 0.6) is 0 Å². The lowest BCUT2D eigenvalue weighted by Gasteiger charge is -2.34. The molecule has 19 heavy (non-hydrogen) atoms. The molecule has 0 spiro atoms. The van der Waals surface area contributed by atoms with E-state index < -0.39 is 36.4 Å². The number of carbonyl (C=O) groups is 2. The van der Waals surface area contributed by atoms with Gasteiger partial charge in [-0.2, -0.15) is 22.0 Å². The topological polar surface area (TPSA) is 57.6 Å². The number of halogens is 5. The summed E-state index contributed by atoms with van der Waals surface area (Å²) >= 11 is 0. The summed E-state index contributed by atoms with van der Waals surface area (Å²) in [6.45, 7) is -0.614. The molecule has 1 fully saturated rings. The first kappa shape index (κ1) is 15.6. The second-order valence-corrected chi connectivity index (χ2v) is 4.43. The van der Waals surface area contributed by atoms with Crippen LogP contribution in [0.15, 0.2) is 0 Å². The molecule has 9 heteroatoms. The maximum Gasteiger partial charge on any atom is 0.463 e. The van der Waals surface area contributed by atoms with Crippen molar-refractivity contribution in [1.29, 1.82) is 0 Å². The van der Waals surface area contributed by atoms with Crippen LogP contribution in [0.1, 0.15) is 19.3 Å². The summed E-state index contributed by atoms with van der Waals surface area (Å²) in [6.07, 6.45) is -5.71. The number of amides is 1. The van der Waals surface area contributed by atoms with Gasteiger partial charge in [-0.1, -0.05) is 0 Å². The number of hydrogen-bond donors (Lipinski definition) is 1. The van der Waals surface area contributed by atoms with Crippen molar-refractivity contribution in [2.75, 3.05) is 13.1 Å². The van der Waals surface area contributed by atoms with E-state index in [1.807, 2.05) is 0 Å². The van der Waals surface area contributed by atoms with Crippen molar-refractivity contribution in [3.8, 4) is 0 Å². The van der Waals surface area contributed by atoms with Crippen LogP contribution in [-0.2, 0) is 9.59 Å². The molecular weight excluding hydrogens is 277 g/mol. The fourth-order valence-corrected chi connectivity index (χ4v) is 1.98. The molecule has 0 aliphatic carbocycles. The van der Waals surface area contributed by atoms with E-state index in [-0.39, 0.29) is 19.4 Å². The van der Waals surface area contributed by atoms with Gasteiger partial charge in [-0.15, -0.1) is 0 Å². The summed E-state index contributed by atoms with van der Waals surface area (Å²) < 4.78 is 61.9. The number of likely N-dealkylation sites (tertiary alicyclic amines) is 1. The molecule has 0 bridgehead atoms. The largest absolute Gasteiger partial charge is 0.481 e. The van der Waals surface area contributed by atoms with Crippen LogP contribution in [0, 0.1) is 5.92 Å². The fraction of sp³-hybridized carbons (Fsp3) is 0.800. The average molecular weight is 289 g/mol. The van der Waals surface area contributed by atoms with Crippen LogP contribution in [-0.4, -0.2) is 47.1 Å². The van der Waals surface area contributed by atoms with E-state index in [0.717, 1.165) is 0 Å². The smallest absolute Gasteiger partial charge is 0.463 e. The number of carbonyl (C=O) groups excluding carboxylic acids is 1. The van der Waals surface area contributed by atoms with Crippen molar-refractivity contribution in [2.45, 2.75) is 31.4 Å². The first-order valence-corrected chi connectivity index (χ1v) is 5.51. The third-order valence-electron chi connectivity index (χ3n) is 2.89. The van der Waals surface area contributed by atoms with Crippen LogP contribution in [0.4, 0.5) is 22.0 Å². The molecule has 1 saturated heterocycles. The fourth-order valence-electron chi connectivity index (χ4n) is 1.98.